The first kappa shape index (κ1) is 12.9. The molecule has 3 N–H and O–H groups in total. The predicted octanol–water partition coefficient (Wildman–Crippen LogP) is -0.100. The number of hydrogen-bond acceptors (Lipinski definition) is 3. The number of nitrogens with one attached hydrogen (secondary N) is 1. The molecule has 0 radical (unpaired) electrons. The van der Waals surface area contributed by atoms with Crippen LogP contribution < -0.4 is 10.5 Å². The van der Waals surface area contributed by atoms with Gasteiger partial charge in [-0.15, -0.1) is 0 Å². The Kier molecular flexibility index (Phi) is 4.51. The van der Waals surface area contributed by atoms with E-state index in [1.165, 1.54) is 4.31 Å². The fourth-order valence-corrected chi connectivity index (χ4v) is 2.63. The Labute approximate surface area is 92.2 Å². The van der Waals surface area contributed by atoms with E-state index in [2.05, 4.69) is 19.2 Å². The van der Waals surface area contributed by atoms with Crippen molar-refractivity contribution in [3.63, 3.8) is 0 Å². The van der Waals surface area contributed by atoms with Crippen LogP contribution >= 0.6 is 0 Å². The summed E-state index contributed by atoms with van der Waals surface area (Å²) in [5.74, 6) is 0.388. The van der Waals surface area contributed by atoms with Crippen molar-refractivity contribution in [1.82, 2.24) is 9.62 Å². The van der Waals surface area contributed by atoms with Crippen LogP contribution in [0, 0.1) is 5.92 Å². The molecule has 0 bridgehead atoms. The summed E-state index contributed by atoms with van der Waals surface area (Å²) in [5.41, 5.74) is 0. The highest BCUT2D eigenvalue weighted by molar-refractivity contribution is 7.86. The first-order chi connectivity index (χ1) is 6.89. The van der Waals surface area contributed by atoms with Gasteiger partial charge in [-0.3, -0.25) is 0 Å². The highest BCUT2D eigenvalue weighted by Gasteiger charge is 2.25. The normalized spacial score (nSPS) is 24.7. The number of nitrogens with zero attached hydrogens (tertiary/aromatic N) is 1. The summed E-state index contributed by atoms with van der Waals surface area (Å²) in [7, 11) is -3.49. The number of nitrogens with two attached hydrogens (primary N) is 1. The van der Waals surface area contributed by atoms with E-state index in [-0.39, 0.29) is 0 Å². The lowest BCUT2D eigenvalue weighted by atomic mass is 9.99. The molecule has 90 valence electrons. The molecule has 1 atom stereocenters. The molecule has 1 unspecified atom stereocenters. The molecule has 0 aromatic rings. The van der Waals surface area contributed by atoms with Crippen molar-refractivity contribution in [2.24, 2.45) is 11.1 Å². The van der Waals surface area contributed by atoms with Gasteiger partial charge in [-0.2, -0.15) is 12.7 Å². The van der Waals surface area contributed by atoms with Gasteiger partial charge < -0.3 is 5.32 Å². The molecule has 5 nitrogen and oxygen atoms in total. The van der Waals surface area contributed by atoms with Crippen LogP contribution in [0.3, 0.4) is 0 Å². The highest BCUT2D eigenvalue weighted by Crippen LogP contribution is 2.17. The van der Waals surface area contributed by atoms with Gasteiger partial charge in [0.05, 0.1) is 0 Å². The zero-order valence-electron chi connectivity index (χ0n) is 9.44. The lowest BCUT2D eigenvalue weighted by Crippen LogP contribution is -2.46. The number of piperidine rings is 1. The monoisotopic (exact) mass is 235 g/mol. The average molecular weight is 235 g/mol. The summed E-state index contributed by atoms with van der Waals surface area (Å²) >= 11 is 0. The van der Waals surface area contributed by atoms with Crippen molar-refractivity contribution in [2.75, 3.05) is 19.6 Å². The zero-order chi connectivity index (χ0) is 11.5. The SMILES string of the molecule is CC(C)NCC1CCCN(S(N)(=O)=O)C1. The van der Waals surface area contributed by atoms with Crippen LogP contribution in [-0.2, 0) is 10.2 Å². The molecule has 0 aliphatic carbocycles. The molecule has 1 aliphatic heterocycles. The molecule has 0 amide bonds. The maximum atomic E-state index is 11.2. The summed E-state index contributed by atoms with van der Waals surface area (Å²) in [4.78, 5) is 0. The summed E-state index contributed by atoms with van der Waals surface area (Å²) in [6.45, 7) is 6.15. The second-order valence-electron chi connectivity index (χ2n) is 4.47. The van der Waals surface area contributed by atoms with E-state index in [4.69, 9.17) is 5.14 Å². The van der Waals surface area contributed by atoms with Crippen molar-refractivity contribution in [2.45, 2.75) is 32.7 Å². The summed E-state index contributed by atoms with van der Waals surface area (Å²) < 4.78 is 23.7. The van der Waals surface area contributed by atoms with Crippen molar-refractivity contribution >= 4 is 10.2 Å². The van der Waals surface area contributed by atoms with Crippen molar-refractivity contribution in [1.29, 1.82) is 0 Å². The Morgan fingerprint density at radius 3 is 2.73 bits per heavy atom. The molecule has 1 saturated heterocycles. The van der Waals surface area contributed by atoms with Crippen LogP contribution in [0.4, 0.5) is 0 Å². The molecule has 1 rings (SSSR count). The molecule has 0 aromatic heterocycles. The summed E-state index contributed by atoms with van der Waals surface area (Å²) in [5, 5.41) is 8.43. The van der Waals surface area contributed by atoms with E-state index >= 15 is 0 Å². The Morgan fingerprint density at radius 1 is 1.53 bits per heavy atom. The zero-order valence-corrected chi connectivity index (χ0v) is 10.3. The molecule has 1 fully saturated rings. The fourth-order valence-electron chi connectivity index (χ4n) is 1.83. The molecule has 0 saturated carbocycles. The van der Waals surface area contributed by atoms with E-state index < -0.39 is 10.2 Å². The van der Waals surface area contributed by atoms with Gasteiger partial charge in [0.25, 0.3) is 10.2 Å². The number of rotatable bonds is 4. The highest BCUT2D eigenvalue weighted by atomic mass is 32.2. The van der Waals surface area contributed by atoms with E-state index in [1.54, 1.807) is 0 Å². The van der Waals surface area contributed by atoms with Crippen LogP contribution in [0.1, 0.15) is 26.7 Å². The Hall–Kier alpha value is -0.170. The Bertz CT molecular complexity index is 290. The maximum Gasteiger partial charge on any atom is 0.276 e. The minimum atomic E-state index is -3.49. The molecule has 1 heterocycles. The number of hydrogen-bond donors (Lipinski definition) is 2. The van der Waals surface area contributed by atoms with Crippen molar-refractivity contribution < 1.29 is 8.42 Å². The van der Waals surface area contributed by atoms with Crippen molar-refractivity contribution in [3.05, 3.63) is 0 Å². The van der Waals surface area contributed by atoms with Gasteiger partial charge in [0, 0.05) is 19.1 Å². The molecular weight excluding hydrogens is 214 g/mol. The van der Waals surface area contributed by atoms with E-state index in [1.807, 2.05) is 0 Å². The minimum Gasteiger partial charge on any atom is -0.314 e. The van der Waals surface area contributed by atoms with Gasteiger partial charge in [-0.05, 0) is 25.3 Å². The van der Waals surface area contributed by atoms with Crippen LogP contribution in [0.25, 0.3) is 0 Å². The van der Waals surface area contributed by atoms with E-state index in [0.29, 0.717) is 25.0 Å². The fraction of sp³-hybridized carbons (Fsp3) is 1.00. The third-order valence-corrected chi connectivity index (χ3v) is 3.71. The second kappa shape index (κ2) is 5.25. The van der Waals surface area contributed by atoms with E-state index in [9.17, 15) is 8.42 Å². The van der Waals surface area contributed by atoms with E-state index in [0.717, 1.165) is 19.4 Å². The summed E-state index contributed by atoms with van der Waals surface area (Å²) in [6.07, 6.45) is 1.98. The smallest absolute Gasteiger partial charge is 0.276 e. The molecule has 15 heavy (non-hydrogen) atoms. The molecule has 1 aliphatic rings. The second-order valence-corrected chi connectivity index (χ2v) is 6.02. The predicted molar refractivity (Wildman–Crippen MR) is 60.5 cm³/mol. The van der Waals surface area contributed by atoms with Gasteiger partial charge in [0.2, 0.25) is 0 Å². The average Bonchev–Trinajstić information content (AvgIpc) is 2.14. The molecular formula is C9H21N3O2S. The van der Waals surface area contributed by atoms with Crippen LogP contribution in [0.2, 0.25) is 0 Å². The maximum absolute atomic E-state index is 11.2. The minimum absolute atomic E-state index is 0.388. The standard InChI is InChI=1S/C9H21N3O2S/c1-8(2)11-6-9-4-3-5-12(7-9)15(10,13)14/h8-9,11H,3-7H2,1-2H3,(H2,10,13,14). The Morgan fingerprint density at radius 2 is 2.20 bits per heavy atom. The molecule has 0 spiro atoms. The first-order valence-electron chi connectivity index (χ1n) is 5.41. The lowest BCUT2D eigenvalue weighted by Gasteiger charge is -2.31. The largest absolute Gasteiger partial charge is 0.314 e. The Balaban J connectivity index is 2.43. The first-order valence-corrected chi connectivity index (χ1v) is 6.91. The van der Waals surface area contributed by atoms with Gasteiger partial charge >= 0.3 is 0 Å². The van der Waals surface area contributed by atoms with Crippen LogP contribution in [0.15, 0.2) is 0 Å². The third kappa shape index (κ3) is 4.46. The van der Waals surface area contributed by atoms with Crippen molar-refractivity contribution in [3.8, 4) is 0 Å². The summed E-state index contributed by atoms with van der Waals surface area (Å²) in [6, 6.07) is 0.440. The van der Waals surface area contributed by atoms with Gasteiger partial charge in [0.1, 0.15) is 0 Å². The van der Waals surface area contributed by atoms with Gasteiger partial charge in [-0.25, -0.2) is 5.14 Å². The third-order valence-electron chi connectivity index (χ3n) is 2.66. The van der Waals surface area contributed by atoms with Gasteiger partial charge in [-0.1, -0.05) is 13.8 Å². The van der Waals surface area contributed by atoms with Gasteiger partial charge in [0.15, 0.2) is 0 Å². The quantitative estimate of drug-likeness (QED) is 0.714. The molecule has 0 aromatic carbocycles. The van der Waals surface area contributed by atoms with Crippen LogP contribution in [-0.4, -0.2) is 38.4 Å². The lowest BCUT2D eigenvalue weighted by molar-refractivity contribution is 0.257. The molecule has 6 heteroatoms. The van der Waals surface area contributed by atoms with Crippen LogP contribution in [0.5, 0.6) is 0 Å². The topological polar surface area (TPSA) is 75.4 Å².